The number of hydrogen-bond donors (Lipinski definition) is 1. The van der Waals surface area contributed by atoms with Gasteiger partial charge in [0.2, 0.25) is 5.01 Å². The molecule has 6 heteroatoms. The first-order valence-corrected chi connectivity index (χ1v) is 8.43. The van der Waals surface area contributed by atoms with Crippen LogP contribution in [0, 0.1) is 5.92 Å². The van der Waals surface area contributed by atoms with Crippen LogP contribution in [0.15, 0.2) is 5.38 Å². The van der Waals surface area contributed by atoms with Crippen LogP contribution >= 0.6 is 11.3 Å². The Labute approximate surface area is 129 Å². The average molecular weight is 310 g/mol. The maximum atomic E-state index is 12.2. The van der Waals surface area contributed by atoms with Gasteiger partial charge in [-0.05, 0) is 32.6 Å². The maximum absolute atomic E-state index is 12.2. The van der Waals surface area contributed by atoms with Crippen LogP contribution in [0.5, 0.6) is 0 Å². The summed E-state index contributed by atoms with van der Waals surface area (Å²) in [4.78, 5) is 27.8. The van der Waals surface area contributed by atoms with Gasteiger partial charge in [0.25, 0.3) is 5.91 Å². The normalized spacial score (nSPS) is 17.2. The molecule has 1 aliphatic carbocycles. The molecule has 1 amide bonds. The number of ether oxygens (including phenoxy) is 1. The zero-order valence-corrected chi connectivity index (χ0v) is 13.4. The zero-order valence-electron chi connectivity index (χ0n) is 12.6. The highest BCUT2D eigenvalue weighted by Gasteiger charge is 2.23. The van der Waals surface area contributed by atoms with Crippen molar-refractivity contribution in [3.8, 4) is 0 Å². The Morgan fingerprint density at radius 1 is 1.43 bits per heavy atom. The van der Waals surface area contributed by atoms with Crippen LogP contribution in [0.2, 0.25) is 0 Å². The van der Waals surface area contributed by atoms with Crippen molar-refractivity contribution in [2.75, 3.05) is 6.61 Å². The van der Waals surface area contributed by atoms with E-state index >= 15 is 0 Å². The summed E-state index contributed by atoms with van der Waals surface area (Å²) in [5, 5.41) is 4.84. The number of carbonyl (C=O) groups excluding carboxylic acids is 2. The predicted molar refractivity (Wildman–Crippen MR) is 81.6 cm³/mol. The molecular weight excluding hydrogens is 288 g/mol. The summed E-state index contributed by atoms with van der Waals surface area (Å²) in [5.41, 5.74) is 0.297. The molecule has 0 aromatic carbocycles. The number of hydrogen-bond acceptors (Lipinski definition) is 5. The molecule has 1 aliphatic rings. The first-order valence-electron chi connectivity index (χ1n) is 7.55. The highest BCUT2D eigenvalue weighted by atomic mass is 32.1. The molecular formula is C15H22N2O3S. The van der Waals surface area contributed by atoms with Gasteiger partial charge in [-0.1, -0.05) is 19.3 Å². The van der Waals surface area contributed by atoms with Crippen molar-refractivity contribution in [3.63, 3.8) is 0 Å². The van der Waals surface area contributed by atoms with Gasteiger partial charge in [-0.15, -0.1) is 11.3 Å². The van der Waals surface area contributed by atoms with Crippen molar-refractivity contribution < 1.29 is 14.3 Å². The van der Waals surface area contributed by atoms with Gasteiger partial charge in [0, 0.05) is 11.4 Å². The van der Waals surface area contributed by atoms with E-state index in [2.05, 4.69) is 10.3 Å². The summed E-state index contributed by atoms with van der Waals surface area (Å²) < 4.78 is 4.87. The molecule has 116 valence electrons. The lowest BCUT2D eigenvalue weighted by atomic mass is 9.84. The topological polar surface area (TPSA) is 68.3 Å². The predicted octanol–water partition coefficient (Wildman–Crippen LogP) is 3.02. The van der Waals surface area contributed by atoms with Crippen LogP contribution in [-0.4, -0.2) is 29.5 Å². The van der Waals surface area contributed by atoms with Crippen LogP contribution in [0.4, 0.5) is 0 Å². The molecule has 0 saturated heterocycles. The Balaban J connectivity index is 1.92. The Morgan fingerprint density at radius 2 is 2.14 bits per heavy atom. The number of rotatable bonds is 5. The number of aromatic nitrogens is 1. The lowest BCUT2D eigenvalue weighted by molar-refractivity contribution is 0.0526. The van der Waals surface area contributed by atoms with Crippen molar-refractivity contribution in [3.05, 3.63) is 16.1 Å². The standard InChI is InChI=1S/C15H22N2O3S/c1-3-20-15(19)14-17-12(9-21-14)13(18)16-10(2)11-7-5-4-6-8-11/h9-11H,3-8H2,1-2H3,(H,16,18). The van der Waals surface area contributed by atoms with E-state index < -0.39 is 5.97 Å². The van der Waals surface area contributed by atoms with E-state index in [-0.39, 0.29) is 17.0 Å². The molecule has 0 spiro atoms. The van der Waals surface area contributed by atoms with Crippen molar-refractivity contribution >= 4 is 23.2 Å². The van der Waals surface area contributed by atoms with Gasteiger partial charge in [0.1, 0.15) is 5.69 Å². The summed E-state index contributed by atoms with van der Waals surface area (Å²) >= 11 is 1.14. The van der Waals surface area contributed by atoms with Crippen molar-refractivity contribution in [1.82, 2.24) is 10.3 Å². The van der Waals surface area contributed by atoms with Gasteiger partial charge in [0.05, 0.1) is 6.61 Å². The van der Waals surface area contributed by atoms with E-state index in [1.165, 1.54) is 32.1 Å². The molecule has 1 aromatic heterocycles. The van der Waals surface area contributed by atoms with Crippen LogP contribution in [-0.2, 0) is 4.74 Å². The third-order valence-electron chi connectivity index (χ3n) is 3.90. The average Bonchev–Trinajstić information content (AvgIpc) is 2.98. The Bertz CT molecular complexity index is 495. The molecule has 1 heterocycles. The first kappa shape index (κ1) is 15.9. The van der Waals surface area contributed by atoms with E-state index in [1.54, 1.807) is 12.3 Å². The fourth-order valence-corrected chi connectivity index (χ4v) is 3.39. The summed E-state index contributed by atoms with van der Waals surface area (Å²) in [6.45, 7) is 4.09. The number of thiazole rings is 1. The molecule has 1 atom stereocenters. The zero-order chi connectivity index (χ0) is 15.2. The minimum absolute atomic E-state index is 0.144. The van der Waals surface area contributed by atoms with E-state index in [0.717, 1.165) is 11.3 Å². The van der Waals surface area contributed by atoms with Crippen molar-refractivity contribution in [1.29, 1.82) is 0 Å². The van der Waals surface area contributed by atoms with Crippen LogP contribution in [0.1, 0.15) is 66.2 Å². The molecule has 0 aliphatic heterocycles. The van der Waals surface area contributed by atoms with Crippen molar-refractivity contribution in [2.24, 2.45) is 5.92 Å². The van der Waals surface area contributed by atoms with Gasteiger partial charge in [0.15, 0.2) is 0 Å². The van der Waals surface area contributed by atoms with E-state index in [1.807, 2.05) is 6.92 Å². The minimum atomic E-state index is -0.470. The van der Waals surface area contributed by atoms with E-state index in [9.17, 15) is 9.59 Å². The molecule has 2 rings (SSSR count). The highest BCUT2D eigenvalue weighted by molar-refractivity contribution is 7.11. The number of amides is 1. The van der Waals surface area contributed by atoms with Gasteiger partial charge in [-0.2, -0.15) is 0 Å². The fraction of sp³-hybridized carbons (Fsp3) is 0.667. The molecule has 1 N–H and O–H groups in total. The molecule has 1 unspecified atom stereocenters. The maximum Gasteiger partial charge on any atom is 0.367 e. The fourth-order valence-electron chi connectivity index (χ4n) is 2.70. The van der Waals surface area contributed by atoms with Gasteiger partial charge in [-0.25, -0.2) is 9.78 Å². The van der Waals surface area contributed by atoms with E-state index in [0.29, 0.717) is 18.2 Å². The van der Waals surface area contributed by atoms with Gasteiger partial charge in [-0.3, -0.25) is 4.79 Å². The first-order chi connectivity index (χ1) is 10.1. The second kappa shape index (κ2) is 7.54. The van der Waals surface area contributed by atoms with Gasteiger partial charge >= 0.3 is 5.97 Å². The SMILES string of the molecule is CCOC(=O)c1nc(C(=O)NC(C)C2CCCCC2)cs1. The Hall–Kier alpha value is -1.43. The molecule has 1 saturated carbocycles. The second-order valence-corrected chi connectivity index (χ2v) is 6.28. The molecule has 1 fully saturated rings. The lowest BCUT2D eigenvalue weighted by Gasteiger charge is -2.28. The summed E-state index contributed by atoms with van der Waals surface area (Å²) in [6.07, 6.45) is 6.13. The Morgan fingerprint density at radius 3 is 2.81 bits per heavy atom. The van der Waals surface area contributed by atoms with E-state index in [4.69, 9.17) is 4.74 Å². The number of esters is 1. The third-order valence-corrected chi connectivity index (χ3v) is 4.72. The smallest absolute Gasteiger partial charge is 0.367 e. The second-order valence-electron chi connectivity index (χ2n) is 5.42. The minimum Gasteiger partial charge on any atom is -0.461 e. The van der Waals surface area contributed by atoms with Crippen LogP contribution in [0.3, 0.4) is 0 Å². The monoisotopic (exact) mass is 310 g/mol. The van der Waals surface area contributed by atoms with Crippen LogP contribution in [0.25, 0.3) is 0 Å². The summed E-state index contributed by atoms with van der Waals surface area (Å²) in [5.74, 6) is -0.132. The van der Waals surface area contributed by atoms with Crippen molar-refractivity contribution in [2.45, 2.75) is 52.0 Å². The molecule has 0 bridgehead atoms. The Kier molecular flexibility index (Phi) is 5.73. The number of carbonyl (C=O) groups is 2. The molecule has 0 radical (unpaired) electrons. The quantitative estimate of drug-likeness (QED) is 0.849. The third kappa shape index (κ3) is 4.27. The molecule has 21 heavy (non-hydrogen) atoms. The van der Waals surface area contributed by atoms with Gasteiger partial charge < -0.3 is 10.1 Å². The lowest BCUT2D eigenvalue weighted by Crippen LogP contribution is -2.39. The molecule has 5 nitrogen and oxygen atoms in total. The summed E-state index contributed by atoms with van der Waals surface area (Å²) in [6, 6.07) is 0.144. The largest absolute Gasteiger partial charge is 0.461 e. The summed E-state index contributed by atoms with van der Waals surface area (Å²) in [7, 11) is 0. The number of nitrogens with zero attached hydrogens (tertiary/aromatic N) is 1. The van der Waals surface area contributed by atoms with Crippen LogP contribution < -0.4 is 5.32 Å². The highest BCUT2D eigenvalue weighted by Crippen LogP contribution is 2.26. The molecule has 1 aromatic rings. The number of nitrogens with one attached hydrogen (secondary N) is 1.